The number of carbonyl (C=O) groups is 1. The summed E-state index contributed by atoms with van der Waals surface area (Å²) in [6.07, 6.45) is 1.75. The Kier molecular flexibility index (Phi) is 4.98. The number of aromatic nitrogens is 1. The maximum absolute atomic E-state index is 13.1. The van der Waals surface area contributed by atoms with Crippen LogP contribution in [-0.2, 0) is 11.2 Å². The molecule has 0 aliphatic carbocycles. The lowest BCUT2D eigenvalue weighted by atomic mass is 10.1. The Bertz CT molecular complexity index is 907. The van der Waals surface area contributed by atoms with Crippen LogP contribution in [0, 0.1) is 20.8 Å². The molecule has 2 heterocycles. The fourth-order valence-electron chi connectivity index (χ4n) is 3.01. The minimum Gasteiger partial charge on any atom is -0.459 e. The van der Waals surface area contributed by atoms with Crippen molar-refractivity contribution in [2.45, 2.75) is 47.1 Å². The molecule has 0 fully saturated rings. The van der Waals surface area contributed by atoms with E-state index >= 15 is 0 Å². The fraction of sp³-hybridized carbons (Fsp3) is 0.333. The summed E-state index contributed by atoms with van der Waals surface area (Å²) in [4.78, 5) is 19.4. The first kappa shape index (κ1) is 18.0. The van der Waals surface area contributed by atoms with Crippen LogP contribution in [0.25, 0.3) is 11.7 Å². The second-order valence-corrected chi connectivity index (χ2v) is 6.82. The number of furan rings is 1. The number of carbonyl (C=O) groups excluding carboxylic acids is 1. The van der Waals surface area contributed by atoms with Gasteiger partial charge in [0.15, 0.2) is 5.76 Å². The van der Waals surface area contributed by atoms with Crippen LogP contribution in [0.4, 0.5) is 5.69 Å². The van der Waals surface area contributed by atoms with Crippen molar-refractivity contribution in [2.24, 2.45) is 0 Å². The molecule has 3 rings (SSSR count). The zero-order valence-electron chi connectivity index (χ0n) is 15.9. The van der Waals surface area contributed by atoms with Gasteiger partial charge in [0.25, 0.3) is 5.89 Å². The molecule has 0 unspecified atom stereocenters. The summed E-state index contributed by atoms with van der Waals surface area (Å²) in [5.41, 5.74) is 3.78. The molecule has 3 aromatic rings. The number of hydrogen-bond donors (Lipinski definition) is 0. The molecular formula is C21H24N2O3. The molecule has 136 valence electrons. The standard InChI is InChI=1S/C21H24N2O3/c1-13(2)23(18-11-14(3)8-9-15(18)4)20(24)12-17-16(5)26-21(22-17)19-7-6-10-25-19/h6-11,13H,12H2,1-5H3. The van der Waals surface area contributed by atoms with Crippen LogP contribution in [-0.4, -0.2) is 16.9 Å². The second-order valence-electron chi connectivity index (χ2n) is 6.82. The lowest BCUT2D eigenvalue weighted by Gasteiger charge is -2.28. The minimum atomic E-state index is -0.00362. The van der Waals surface area contributed by atoms with Crippen molar-refractivity contribution in [2.75, 3.05) is 4.90 Å². The van der Waals surface area contributed by atoms with Gasteiger partial charge in [0.2, 0.25) is 5.91 Å². The zero-order chi connectivity index (χ0) is 18.8. The maximum Gasteiger partial charge on any atom is 0.263 e. The second kappa shape index (κ2) is 7.20. The van der Waals surface area contributed by atoms with Crippen LogP contribution >= 0.6 is 0 Å². The van der Waals surface area contributed by atoms with Crippen LogP contribution in [0.1, 0.15) is 36.4 Å². The van der Waals surface area contributed by atoms with E-state index in [1.54, 1.807) is 18.4 Å². The molecule has 0 radical (unpaired) electrons. The average Bonchev–Trinajstić information content (AvgIpc) is 3.21. The molecule has 0 saturated heterocycles. The lowest BCUT2D eigenvalue weighted by molar-refractivity contribution is -0.118. The molecule has 0 aliphatic heterocycles. The average molecular weight is 352 g/mol. The van der Waals surface area contributed by atoms with Gasteiger partial charge >= 0.3 is 0 Å². The van der Waals surface area contributed by atoms with Gasteiger partial charge < -0.3 is 13.7 Å². The van der Waals surface area contributed by atoms with E-state index in [-0.39, 0.29) is 18.4 Å². The summed E-state index contributed by atoms with van der Waals surface area (Å²) in [6.45, 7) is 9.91. The molecule has 0 N–H and O–H groups in total. The summed E-state index contributed by atoms with van der Waals surface area (Å²) < 4.78 is 11.0. The van der Waals surface area contributed by atoms with Crippen molar-refractivity contribution < 1.29 is 13.6 Å². The van der Waals surface area contributed by atoms with Crippen LogP contribution in [0.2, 0.25) is 0 Å². The summed E-state index contributed by atoms with van der Waals surface area (Å²) in [5, 5.41) is 0. The molecule has 26 heavy (non-hydrogen) atoms. The van der Waals surface area contributed by atoms with E-state index < -0.39 is 0 Å². The smallest absolute Gasteiger partial charge is 0.263 e. The van der Waals surface area contributed by atoms with E-state index in [1.165, 1.54) is 0 Å². The molecule has 1 amide bonds. The number of anilines is 1. The lowest BCUT2D eigenvalue weighted by Crippen LogP contribution is -2.38. The molecule has 0 aliphatic rings. The SMILES string of the molecule is Cc1ccc(C)c(N(C(=O)Cc2nc(-c3ccco3)oc2C)C(C)C)c1. The topological polar surface area (TPSA) is 59.5 Å². The third-order valence-electron chi connectivity index (χ3n) is 4.35. The van der Waals surface area contributed by atoms with Crippen molar-refractivity contribution in [1.82, 2.24) is 4.98 Å². The van der Waals surface area contributed by atoms with Gasteiger partial charge in [0.05, 0.1) is 18.4 Å². The third-order valence-corrected chi connectivity index (χ3v) is 4.35. The van der Waals surface area contributed by atoms with Crippen LogP contribution in [0.15, 0.2) is 45.4 Å². The van der Waals surface area contributed by atoms with E-state index in [0.29, 0.717) is 23.1 Å². The molecule has 0 saturated carbocycles. The van der Waals surface area contributed by atoms with Crippen LogP contribution in [0.3, 0.4) is 0 Å². The number of amides is 1. The predicted octanol–water partition coefficient (Wildman–Crippen LogP) is 4.84. The normalized spacial score (nSPS) is 11.2. The minimum absolute atomic E-state index is 0.00362. The number of oxazole rings is 1. The van der Waals surface area contributed by atoms with Crippen molar-refractivity contribution in [1.29, 1.82) is 0 Å². The first-order valence-corrected chi connectivity index (χ1v) is 8.76. The largest absolute Gasteiger partial charge is 0.459 e. The first-order chi connectivity index (χ1) is 12.4. The zero-order valence-corrected chi connectivity index (χ0v) is 15.9. The first-order valence-electron chi connectivity index (χ1n) is 8.76. The van der Waals surface area contributed by atoms with Gasteiger partial charge in [-0.25, -0.2) is 4.98 Å². The van der Waals surface area contributed by atoms with Gasteiger partial charge in [-0.3, -0.25) is 4.79 Å². The highest BCUT2D eigenvalue weighted by Crippen LogP contribution is 2.26. The quantitative estimate of drug-likeness (QED) is 0.659. The highest BCUT2D eigenvalue weighted by molar-refractivity contribution is 5.96. The molecule has 0 bridgehead atoms. The van der Waals surface area contributed by atoms with Gasteiger partial charge in [0.1, 0.15) is 5.76 Å². The van der Waals surface area contributed by atoms with E-state index in [4.69, 9.17) is 8.83 Å². The number of rotatable bonds is 5. The van der Waals surface area contributed by atoms with Crippen LogP contribution in [0.5, 0.6) is 0 Å². The summed E-state index contributed by atoms with van der Waals surface area (Å²) in [6, 6.07) is 9.76. The Hall–Kier alpha value is -2.82. The Morgan fingerprint density at radius 3 is 2.62 bits per heavy atom. The molecular weight excluding hydrogens is 328 g/mol. The van der Waals surface area contributed by atoms with Crippen molar-refractivity contribution in [3.05, 3.63) is 59.2 Å². The van der Waals surface area contributed by atoms with E-state index in [0.717, 1.165) is 16.8 Å². The van der Waals surface area contributed by atoms with Crippen molar-refractivity contribution in [3.63, 3.8) is 0 Å². The molecule has 0 atom stereocenters. The monoisotopic (exact) mass is 352 g/mol. The highest BCUT2D eigenvalue weighted by atomic mass is 16.4. The van der Waals surface area contributed by atoms with Gasteiger partial charge in [0, 0.05) is 11.7 Å². The number of benzene rings is 1. The number of aryl methyl sites for hydroxylation is 3. The Morgan fingerprint density at radius 2 is 1.96 bits per heavy atom. The van der Waals surface area contributed by atoms with E-state index in [9.17, 15) is 4.79 Å². The molecule has 0 spiro atoms. The molecule has 1 aromatic carbocycles. The van der Waals surface area contributed by atoms with Gasteiger partial charge in [-0.05, 0) is 63.9 Å². The van der Waals surface area contributed by atoms with Crippen molar-refractivity contribution in [3.8, 4) is 11.7 Å². The maximum atomic E-state index is 13.1. The van der Waals surface area contributed by atoms with Gasteiger partial charge in [-0.1, -0.05) is 12.1 Å². The van der Waals surface area contributed by atoms with Crippen molar-refractivity contribution >= 4 is 11.6 Å². The summed E-state index contributed by atoms with van der Waals surface area (Å²) in [7, 11) is 0. The summed E-state index contributed by atoms with van der Waals surface area (Å²) in [5.74, 6) is 1.59. The Labute approximate surface area is 153 Å². The summed E-state index contributed by atoms with van der Waals surface area (Å²) >= 11 is 0. The predicted molar refractivity (Wildman–Crippen MR) is 101 cm³/mol. The van der Waals surface area contributed by atoms with Gasteiger partial charge in [-0.15, -0.1) is 0 Å². The number of nitrogens with zero attached hydrogens (tertiary/aromatic N) is 2. The molecule has 5 heteroatoms. The Balaban J connectivity index is 1.89. The van der Waals surface area contributed by atoms with Crippen LogP contribution < -0.4 is 4.90 Å². The fourth-order valence-corrected chi connectivity index (χ4v) is 3.01. The van der Waals surface area contributed by atoms with E-state index in [1.807, 2.05) is 45.6 Å². The number of hydrogen-bond acceptors (Lipinski definition) is 4. The third kappa shape index (κ3) is 3.57. The highest BCUT2D eigenvalue weighted by Gasteiger charge is 2.24. The van der Waals surface area contributed by atoms with Gasteiger partial charge in [-0.2, -0.15) is 0 Å². The molecule has 2 aromatic heterocycles. The molecule has 5 nitrogen and oxygen atoms in total. The van der Waals surface area contributed by atoms with E-state index in [2.05, 4.69) is 17.1 Å². The Morgan fingerprint density at radius 1 is 1.19 bits per heavy atom.